The highest BCUT2D eigenvalue weighted by molar-refractivity contribution is 7.13. The van der Waals surface area contributed by atoms with Crippen LogP contribution in [0.4, 0.5) is 0 Å². The number of aryl methyl sites for hydroxylation is 1. The molecule has 2 fully saturated rings. The fraction of sp³-hybridized carbons (Fsp3) is 0.632. The fourth-order valence-electron chi connectivity index (χ4n) is 3.84. The summed E-state index contributed by atoms with van der Waals surface area (Å²) in [5.74, 6) is 1.99. The van der Waals surface area contributed by atoms with E-state index in [0.29, 0.717) is 17.6 Å². The summed E-state index contributed by atoms with van der Waals surface area (Å²) < 4.78 is 5.36. The van der Waals surface area contributed by atoms with Gasteiger partial charge in [0.15, 0.2) is 0 Å². The van der Waals surface area contributed by atoms with Crippen LogP contribution < -0.4 is 5.32 Å². The molecule has 9 heteroatoms. The summed E-state index contributed by atoms with van der Waals surface area (Å²) in [5, 5.41) is 9.40. The van der Waals surface area contributed by atoms with Crippen molar-refractivity contribution in [3.05, 3.63) is 23.4 Å². The van der Waals surface area contributed by atoms with E-state index in [0.717, 1.165) is 76.4 Å². The van der Waals surface area contributed by atoms with E-state index in [9.17, 15) is 4.79 Å². The van der Waals surface area contributed by atoms with E-state index in [-0.39, 0.29) is 18.3 Å². The van der Waals surface area contributed by atoms with Gasteiger partial charge in [0, 0.05) is 38.5 Å². The first-order valence-electron chi connectivity index (χ1n) is 9.88. The average molecular weight is 426 g/mol. The molecule has 4 rings (SSSR count). The van der Waals surface area contributed by atoms with Crippen LogP contribution in [0.15, 0.2) is 22.0 Å². The molecule has 1 amide bonds. The maximum atomic E-state index is 12.6. The zero-order valence-corrected chi connectivity index (χ0v) is 17.6. The Labute approximate surface area is 175 Å². The Balaban J connectivity index is 0.00000225. The number of carbonyl (C=O) groups is 1. The van der Waals surface area contributed by atoms with Crippen LogP contribution in [-0.4, -0.2) is 71.7 Å². The highest BCUT2D eigenvalue weighted by atomic mass is 35.5. The Bertz CT molecular complexity index is 725. The molecular formula is C19H28ClN5O2S. The predicted octanol–water partition coefficient (Wildman–Crippen LogP) is 2.30. The molecule has 0 atom stereocenters. The number of amides is 1. The first kappa shape index (κ1) is 21.2. The Kier molecular flexibility index (Phi) is 7.84. The minimum atomic E-state index is 0. The van der Waals surface area contributed by atoms with Crippen LogP contribution in [0.1, 0.15) is 25.2 Å². The molecule has 0 spiro atoms. The van der Waals surface area contributed by atoms with Gasteiger partial charge in [0.05, 0.1) is 4.88 Å². The number of halogens is 1. The van der Waals surface area contributed by atoms with Crippen LogP contribution in [0.2, 0.25) is 0 Å². The maximum absolute atomic E-state index is 12.6. The zero-order valence-electron chi connectivity index (χ0n) is 16.0. The van der Waals surface area contributed by atoms with E-state index >= 15 is 0 Å². The van der Waals surface area contributed by atoms with Crippen molar-refractivity contribution < 1.29 is 9.32 Å². The molecule has 2 saturated heterocycles. The minimum Gasteiger partial charge on any atom is -0.340 e. The van der Waals surface area contributed by atoms with Gasteiger partial charge in [0.1, 0.15) is 0 Å². The highest BCUT2D eigenvalue weighted by Crippen LogP contribution is 2.21. The zero-order chi connectivity index (χ0) is 18.5. The average Bonchev–Trinajstić information content (AvgIpc) is 3.40. The summed E-state index contributed by atoms with van der Waals surface area (Å²) in [6.07, 6.45) is 3.76. The van der Waals surface area contributed by atoms with E-state index in [1.807, 2.05) is 17.5 Å². The van der Waals surface area contributed by atoms with Gasteiger partial charge in [0.2, 0.25) is 17.6 Å². The predicted molar refractivity (Wildman–Crippen MR) is 112 cm³/mol. The first-order chi connectivity index (χ1) is 13.3. The highest BCUT2D eigenvalue weighted by Gasteiger charge is 2.28. The number of nitrogens with one attached hydrogen (secondary N) is 1. The standard InChI is InChI=1S/C19H27N5O2S.ClH/c25-19(15-5-7-20-8-6-15)24-12-10-23(11-13-24)9-1-4-17-21-18(22-26-17)16-3-2-14-27-16;/h2-3,14-15,20H,1,4-13H2;1H. The second-order valence-corrected chi connectivity index (χ2v) is 8.23. The van der Waals surface area contributed by atoms with Crippen molar-refractivity contribution >= 4 is 29.7 Å². The van der Waals surface area contributed by atoms with Crippen LogP contribution in [0.25, 0.3) is 10.7 Å². The molecule has 0 unspecified atom stereocenters. The number of hydrogen-bond acceptors (Lipinski definition) is 7. The number of thiophene rings is 1. The Morgan fingerprint density at radius 2 is 2.04 bits per heavy atom. The largest absolute Gasteiger partial charge is 0.340 e. The van der Waals surface area contributed by atoms with E-state index in [2.05, 4.69) is 25.3 Å². The number of aromatic nitrogens is 2. The lowest BCUT2D eigenvalue weighted by atomic mass is 9.96. The van der Waals surface area contributed by atoms with E-state index in [1.165, 1.54) is 0 Å². The van der Waals surface area contributed by atoms with Crippen molar-refractivity contribution in [3.63, 3.8) is 0 Å². The Hall–Kier alpha value is -1.48. The quantitative estimate of drug-likeness (QED) is 0.765. The Morgan fingerprint density at radius 3 is 2.75 bits per heavy atom. The smallest absolute Gasteiger partial charge is 0.227 e. The lowest BCUT2D eigenvalue weighted by Gasteiger charge is -2.37. The molecule has 0 aliphatic carbocycles. The Morgan fingerprint density at radius 1 is 1.25 bits per heavy atom. The third-order valence-corrected chi connectivity index (χ3v) is 6.31. The summed E-state index contributed by atoms with van der Waals surface area (Å²) in [7, 11) is 0. The number of rotatable bonds is 6. The van der Waals surface area contributed by atoms with Crippen molar-refractivity contribution in [2.45, 2.75) is 25.7 Å². The topological polar surface area (TPSA) is 74.5 Å². The van der Waals surface area contributed by atoms with Gasteiger partial charge in [-0.1, -0.05) is 11.2 Å². The molecule has 0 aromatic carbocycles. The second kappa shape index (κ2) is 10.3. The number of piperidine rings is 1. The van der Waals surface area contributed by atoms with Crippen LogP contribution in [0.5, 0.6) is 0 Å². The van der Waals surface area contributed by atoms with Crippen molar-refractivity contribution in [2.24, 2.45) is 5.92 Å². The molecule has 4 heterocycles. The monoisotopic (exact) mass is 425 g/mol. The lowest BCUT2D eigenvalue weighted by Crippen LogP contribution is -2.51. The molecule has 7 nitrogen and oxygen atoms in total. The summed E-state index contributed by atoms with van der Waals surface area (Å²) >= 11 is 1.62. The number of hydrogen-bond donors (Lipinski definition) is 1. The number of carbonyl (C=O) groups excluding carboxylic acids is 1. The van der Waals surface area contributed by atoms with E-state index in [1.54, 1.807) is 11.3 Å². The summed E-state index contributed by atoms with van der Waals surface area (Å²) in [4.78, 5) is 22.6. The van der Waals surface area contributed by atoms with Crippen molar-refractivity contribution in [1.82, 2.24) is 25.3 Å². The van der Waals surface area contributed by atoms with Gasteiger partial charge in [-0.3, -0.25) is 9.69 Å². The van der Waals surface area contributed by atoms with Crippen molar-refractivity contribution in [3.8, 4) is 10.7 Å². The van der Waals surface area contributed by atoms with Crippen LogP contribution in [0, 0.1) is 5.92 Å². The molecule has 2 aliphatic rings. The van der Waals surface area contributed by atoms with Gasteiger partial charge in [-0.25, -0.2) is 0 Å². The van der Waals surface area contributed by atoms with Gasteiger partial charge < -0.3 is 14.7 Å². The number of piperazine rings is 1. The molecule has 2 aliphatic heterocycles. The maximum Gasteiger partial charge on any atom is 0.227 e. The van der Waals surface area contributed by atoms with Crippen LogP contribution >= 0.6 is 23.7 Å². The third-order valence-electron chi connectivity index (χ3n) is 5.45. The van der Waals surface area contributed by atoms with Crippen molar-refractivity contribution in [1.29, 1.82) is 0 Å². The third kappa shape index (κ3) is 5.31. The summed E-state index contributed by atoms with van der Waals surface area (Å²) in [5.41, 5.74) is 0. The lowest BCUT2D eigenvalue weighted by molar-refractivity contribution is -0.138. The molecule has 0 bridgehead atoms. The molecule has 1 N–H and O–H groups in total. The van der Waals surface area contributed by atoms with E-state index in [4.69, 9.17) is 4.52 Å². The summed E-state index contributed by atoms with van der Waals surface area (Å²) in [6, 6.07) is 4.00. The van der Waals surface area contributed by atoms with Gasteiger partial charge in [-0.05, 0) is 50.3 Å². The van der Waals surface area contributed by atoms with Crippen molar-refractivity contribution in [2.75, 3.05) is 45.8 Å². The van der Waals surface area contributed by atoms with Gasteiger partial charge in [-0.2, -0.15) is 4.98 Å². The van der Waals surface area contributed by atoms with Crippen LogP contribution in [-0.2, 0) is 11.2 Å². The molecule has 0 radical (unpaired) electrons. The molecule has 2 aromatic rings. The van der Waals surface area contributed by atoms with Gasteiger partial charge in [-0.15, -0.1) is 23.7 Å². The van der Waals surface area contributed by atoms with E-state index < -0.39 is 0 Å². The molecule has 28 heavy (non-hydrogen) atoms. The second-order valence-electron chi connectivity index (χ2n) is 7.28. The van der Waals surface area contributed by atoms with Crippen LogP contribution in [0.3, 0.4) is 0 Å². The van der Waals surface area contributed by atoms with Gasteiger partial charge in [0.25, 0.3) is 0 Å². The molecule has 154 valence electrons. The molecular weight excluding hydrogens is 398 g/mol. The SMILES string of the molecule is Cl.O=C(C1CCNCC1)N1CCN(CCCc2nc(-c3cccs3)no2)CC1. The minimum absolute atomic E-state index is 0. The normalized spacial score (nSPS) is 18.8. The summed E-state index contributed by atoms with van der Waals surface area (Å²) in [6.45, 7) is 6.58. The van der Waals surface area contributed by atoms with Gasteiger partial charge >= 0.3 is 0 Å². The fourth-order valence-corrected chi connectivity index (χ4v) is 4.48. The first-order valence-corrected chi connectivity index (χ1v) is 10.8. The molecule has 2 aromatic heterocycles. The number of nitrogens with zero attached hydrogens (tertiary/aromatic N) is 4. The molecule has 0 saturated carbocycles.